The Hall–Kier alpha value is -1.76. The van der Waals surface area contributed by atoms with Crippen molar-refractivity contribution in [1.29, 1.82) is 0 Å². The Morgan fingerprint density at radius 1 is 0.966 bits per heavy atom. The summed E-state index contributed by atoms with van der Waals surface area (Å²) in [6, 6.07) is 12.4. The number of rotatable bonds is 6. The number of amides is 1. The number of sulfonamides is 1. The molecule has 0 radical (unpaired) electrons. The molecule has 0 spiro atoms. The molecule has 156 valence electrons. The highest BCUT2D eigenvalue weighted by atomic mass is 35.5. The second-order valence-corrected chi connectivity index (χ2v) is 9.94. The van der Waals surface area contributed by atoms with Crippen molar-refractivity contribution in [2.24, 2.45) is 0 Å². The topological polar surface area (TPSA) is 66.5 Å². The standard InChI is InChI=1S/C21H24Cl2N2O3S/c22-16-10-12-20(13-11-16)29(27,28)25(19-9-5-6-17(23)14-19)15-21(26)24-18-7-3-1-2-4-8-18/h5-6,9-14,18H,1-4,7-8,15H2,(H,24,26). The molecule has 0 atom stereocenters. The number of nitrogens with zero attached hydrogens (tertiary/aromatic N) is 1. The van der Waals surface area contributed by atoms with Crippen LogP contribution < -0.4 is 9.62 Å². The lowest BCUT2D eigenvalue weighted by molar-refractivity contribution is -0.120. The van der Waals surface area contributed by atoms with Crippen LogP contribution in [-0.4, -0.2) is 26.9 Å². The highest BCUT2D eigenvalue weighted by molar-refractivity contribution is 7.92. The summed E-state index contributed by atoms with van der Waals surface area (Å²) in [5.74, 6) is -0.325. The van der Waals surface area contributed by atoms with E-state index < -0.39 is 10.0 Å². The van der Waals surface area contributed by atoms with E-state index in [-0.39, 0.29) is 23.4 Å². The molecule has 8 heteroatoms. The summed E-state index contributed by atoms with van der Waals surface area (Å²) in [4.78, 5) is 12.8. The van der Waals surface area contributed by atoms with Crippen LogP contribution in [0.15, 0.2) is 53.4 Å². The summed E-state index contributed by atoms with van der Waals surface area (Å²) >= 11 is 12.0. The first-order valence-electron chi connectivity index (χ1n) is 9.69. The second kappa shape index (κ2) is 9.83. The van der Waals surface area contributed by atoms with Gasteiger partial charge in [-0.1, -0.05) is 55.0 Å². The van der Waals surface area contributed by atoms with Crippen molar-refractivity contribution in [1.82, 2.24) is 5.32 Å². The fourth-order valence-electron chi connectivity index (χ4n) is 3.51. The number of hydrogen-bond acceptors (Lipinski definition) is 3. The van der Waals surface area contributed by atoms with Gasteiger partial charge in [-0.05, 0) is 55.3 Å². The van der Waals surface area contributed by atoms with Crippen LogP contribution in [0.25, 0.3) is 0 Å². The van der Waals surface area contributed by atoms with Gasteiger partial charge in [0.2, 0.25) is 5.91 Å². The quantitative estimate of drug-likeness (QED) is 0.622. The molecule has 0 unspecified atom stereocenters. The highest BCUT2D eigenvalue weighted by Crippen LogP contribution is 2.27. The second-order valence-electron chi connectivity index (χ2n) is 7.20. The van der Waals surface area contributed by atoms with Gasteiger partial charge in [-0.25, -0.2) is 8.42 Å². The van der Waals surface area contributed by atoms with Crippen molar-refractivity contribution in [2.75, 3.05) is 10.8 Å². The third kappa shape index (κ3) is 5.87. The molecule has 0 heterocycles. The molecule has 29 heavy (non-hydrogen) atoms. The Labute approximate surface area is 182 Å². The first kappa shape index (κ1) is 21.9. The lowest BCUT2D eigenvalue weighted by atomic mass is 10.1. The van der Waals surface area contributed by atoms with Crippen LogP contribution in [0, 0.1) is 0 Å². The van der Waals surface area contributed by atoms with E-state index in [9.17, 15) is 13.2 Å². The zero-order valence-electron chi connectivity index (χ0n) is 16.0. The Morgan fingerprint density at radius 2 is 1.62 bits per heavy atom. The van der Waals surface area contributed by atoms with Gasteiger partial charge >= 0.3 is 0 Å². The lowest BCUT2D eigenvalue weighted by Crippen LogP contribution is -2.44. The van der Waals surface area contributed by atoms with Gasteiger partial charge in [0, 0.05) is 16.1 Å². The number of anilines is 1. The van der Waals surface area contributed by atoms with Crippen LogP contribution >= 0.6 is 23.2 Å². The molecule has 5 nitrogen and oxygen atoms in total. The predicted molar refractivity (Wildman–Crippen MR) is 117 cm³/mol. The maximum Gasteiger partial charge on any atom is 0.264 e. The number of carbonyl (C=O) groups excluding carboxylic acids is 1. The van der Waals surface area contributed by atoms with Gasteiger partial charge in [-0.15, -0.1) is 0 Å². The monoisotopic (exact) mass is 454 g/mol. The zero-order valence-corrected chi connectivity index (χ0v) is 18.3. The average molecular weight is 455 g/mol. The predicted octanol–water partition coefficient (Wildman–Crippen LogP) is 5.03. The average Bonchev–Trinajstić information content (AvgIpc) is 2.95. The number of halogens is 2. The van der Waals surface area contributed by atoms with E-state index in [0.29, 0.717) is 15.7 Å². The van der Waals surface area contributed by atoms with Crippen molar-refractivity contribution in [3.63, 3.8) is 0 Å². The van der Waals surface area contributed by atoms with Crippen molar-refractivity contribution in [2.45, 2.75) is 49.5 Å². The summed E-state index contributed by atoms with van der Waals surface area (Å²) in [5.41, 5.74) is 0.337. The summed E-state index contributed by atoms with van der Waals surface area (Å²) in [6.07, 6.45) is 6.34. The summed E-state index contributed by atoms with van der Waals surface area (Å²) in [7, 11) is -3.98. The largest absolute Gasteiger partial charge is 0.352 e. The van der Waals surface area contributed by atoms with Crippen LogP contribution in [0.3, 0.4) is 0 Å². The third-order valence-corrected chi connectivity index (χ3v) is 7.28. The minimum atomic E-state index is -3.98. The SMILES string of the molecule is O=C(CN(c1cccc(Cl)c1)S(=O)(=O)c1ccc(Cl)cc1)NC1CCCCCC1. The van der Waals surface area contributed by atoms with E-state index in [4.69, 9.17) is 23.2 Å². The summed E-state index contributed by atoms with van der Waals surface area (Å²) < 4.78 is 27.7. The molecule has 0 saturated heterocycles. The number of carbonyl (C=O) groups is 1. The van der Waals surface area contributed by atoms with Crippen molar-refractivity contribution < 1.29 is 13.2 Å². The fourth-order valence-corrected chi connectivity index (χ4v) is 5.23. The zero-order chi connectivity index (χ0) is 20.9. The van der Waals surface area contributed by atoms with Gasteiger partial charge in [0.15, 0.2) is 0 Å². The number of nitrogens with one attached hydrogen (secondary N) is 1. The van der Waals surface area contributed by atoms with Crippen molar-refractivity contribution in [3.05, 3.63) is 58.6 Å². The number of benzene rings is 2. The van der Waals surface area contributed by atoms with E-state index in [0.717, 1.165) is 30.0 Å². The minimum absolute atomic E-state index is 0.0594. The molecule has 0 aliphatic heterocycles. The molecule has 1 N–H and O–H groups in total. The van der Waals surface area contributed by atoms with E-state index in [1.807, 2.05) is 0 Å². The van der Waals surface area contributed by atoms with Crippen LogP contribution in [0.1, 0.15) is 38.5 Å². The van der Waals surface area contributed by atoms with Crippen molar-refractivity contribution >= 4 is 44.8 Å². The first-order chi connectivity index (χ1) is 13.9. The molecular formula is C21H24Cl2N2O3S. The molecule has 0 bridgehead atoms. The van der Waals surface area contributed by atoms with Crippen LogP contribution in [0.4, 0.5) is 5.69 Å². The summed E-state index contributed by atoms with van der Waals surface area (Å²) in [5, 5.41) is 3.83. The molecule has 1 saturated carbocycles. The van der Waals surface area contributed by atoms with E-state index in [1.54, 1.807) is 18.2 Å². The van der Waals surface area contributed by atoms with Gasteiger partial charge in [0.1, 0.15) is 6.54 Å². The summed E-state index contributed by atoms with van der Waals surface area (Å²) in [6.45, 7) is -0.318. The molecule has 3 rings (SSSR count). The molecule has 1 aliphatic rings. The number of hydrogen-bond donors (Lipinski definition) is 1. The fraction of sp³-hybridized carbons (Fsp3) is 0.381. The van der Waals surface area contributed by atoms with Gasteiger partial charge in [-0.2, -0.15) is 0 Å². The van der Waals surface area contributed by atoms with Gasteiger partial charge in [0.05, 0.1) is 10.6 Å². The maximum atomic E-state index is 13.3. The van der Waals surface area contributed by atoms with Crippen molar-refractivity contribution in [3.8, 4) is 0 Å². The van der Waals surface area contributed by atoms with E-state index >= 15 is 0 Å². The minimum Gasteiger partial charge on any atom is -0.352 e. The van der Waals surface area contributed by atoms with E-state index in [1.165, 1.54) is 43.2 Å². The Morgan fingerprint density at radius 3 is 2.24 bits per heavy atom. The molecule has 2 aromatic carbocycles. The Bertz CT molecular complexity index is 941. The third-order valence-electron chi connectivity index (χ3n) is 5.01. The molecule has 2 aromatic rings. The maximum absolute atomic E-state index is 13.3. The van der Waals surface area contributed by atoms with Crippen LogP contribution in [0.2, 0.25) is 10.0 Å². The molecule has 1 aliphatic carbocycles. The first-order valence-corrected chi connectivity index (χ1v) is 11.9. The Kier molecular flexibility index (Phi) is 7.44. The smallest absolute Gasteiger partial charge is 0.264 e. The lowest BCUT2D eigenvalue weighted by Gasteiger charge is -2.25. The Balaban J connectivity index is 1.87. The highest BCUT2D eigenvalue weighted by Gasteiger charge is 2.28. The van der Waals surface area contributed by atoms with Crippen LogP contribution in [0.5, 0.6) is 0 Å². The van der Waals surface area contributed by atoms with Gasteiger partial charge in [0.25, 0.3) is 10.0 Å². The van der Waals surface area contributed by atoms with Gasteiger partial charge in [-0.3, -0.25) is 9.10 Å². The molecular weight excluding hydrogens is 431 g/mol. The molecule has 0 aromatic heterocycles. The van der Waals surface area contributed by atoms with Gasteiger partial charge < -0.3 is 5.32 Å². The molecule has 1 amide bonds. The van der Waals surface area contributed by atoms with Crippen LogP contribution in [-0.2, 0) is 14.8 Å². The molecule has 1 fully saturated rings. The van der Waals surface area contributed by atoms with E-state index in [2.05, 4.69) is 5.32 Å². The normalized spacial score (nSPS) is 15.5.